The van der Waals surface area contributed by atoms with E-state index >= 15 is 0 Å². The van der Waals surface area contributed by atoms with Gasteiger partial charge in [-0.25, -0.2) is 17.5 Å². The van der Waals surface area contributed by atoms with Gasteiger partial charge in [0.15, 0.2) is 0 Å². The summed E-state index contributed by atoms with van der Waals surface area (Å²) in [7, 11) is -3.63. The fraction of sp³-hybridized carbons (Fsp3) is 0.538. The van der Waals surface area contributed by atoms with Gasteiger partial charge in [0.05, 0.1) is 4.90 Å². The molecule has 0 radical (unpaired) electrons. The van der Waals surface area contributed by atoms with E-state index in [0.29, 0.717) is 18.3 Å². The van der Waals surface area contributed by atoms with Crippen molar-refractivity contribution in [3.8, 4) is 0 Å². The van der Waals surface area contributed by atoms with Crippen LogP contribution >= 0.6 is 11.6 Å². The van der Waals surface area contributed by atoms with E-state index in [4.69, 9.17) is 11.6 Å². The van der Waals surface area contributed by atoms with E-state index in [2.05, 4.69) is 4.72 Å². The molecule has 0 heterocycles. The minimum atomic E-state index is -3.63. The molecule has 3 nitrogen and oxygen atoms in total. The van der Waals surface area contributed by atoms with Gasteiger partial charge in [-0.2, -0.15) is 0 Å². The average Bonchev–Trinajstić information content (AvgIpc) is 2.84. The summed E-state index contributed by atoms with van der Waals surface area (Å²) < 4.78 is 39.7. The number of benzene rings is 1. The van der Waals surface area contributed by atoms with Crippen LogP contribution in [0.1, 0.15) is 19.3 Å². The molecule has 1 N–H and O–H groups in total. The Balaban J connectivity index is 2.02. The summed E-state index contributed by atoms with van der Waals surface area (Å²) in [6.45, 7) is 0.371. The molecule has 0 saturated heterocycles. The summed E-state index contributed by atoms with van der Waals surface area (Å²) in [4.78, 5) is -0.0343. The predicted molar refractivity (Wildman–Crippen MR) is 73.1 cm³/mol. The first kappa shape index (κ1) is 14.8. The third-order valence-corrected chi connectivity index (χ3v) is 5.47. The molecule has 0 aromatic heterocycles. The van der Waals surface area contributed by atoms with Gasteiger partial charge in [-0.05, 0) is 42.9 Å². The van der Waals surface area contributed by atoms with Crippen LogP contribution in [-0.2, 0) is 10.0 Å². The van der Waals surface area contributed by atoms with Gasteiger partial charge in [-0.3, -0.25) is 0 Å². The Morgan fingerprint density at radius 2 is 2.05 bits per heavy atom. The third kappa shape index (κ3) is 3.68. The highest BCUT2D eigenvalue weighted by Gasteiger charge is 2.27. The molecule has 1 fully saturated rings. The zero-order chi connectivity index (χ0) is 13.9. The first-order chi connectivity index (χ1) is 9.03. The topological polar surface area (TPSA) is 46.2 Å². The fourth-order valence-electron chi connectivity index (χ4n) is 2.52. The standard InChI is InChI=1S/C13H17ClFNO2S/c14-8-10-3-1-4-11(10)9-16-19(17,18)13-6-2-5-12(15)7-13/h2,5-7,10-11,16H,1,3-4,8-9H2. The first-order valence-corrected chi connectivity index (χ1v) is 8.36. The molecule has 2 rings (SSSR count). The molecular formula is C13H17ClFNO2S. The maximum atomic E-state index is 13.0. The van der Waals surface area contributed by atoms with E-state index in [-0.39, 0.29) is 10.8 Å². The normalized spacial score (nSPS) is 23.7. The molecule has 1 saturated carbocycles. The smallest absolute Gasteiger partial charge is 0.211 e. The quantitative estimate of drug-likeness (QED) is 0.850. The minimum absolute atomic E-state index is 0.0343. The van der Waals surface area contributed by atoms with Crippen molar-refractivity contribution in [2.24, 2.45) is 11.8 Å². The lowest BCUT2D eigenvalue weighted by molar-refractivity contribution is 0.418. The van der Waals surface area contributed by atoms with Crippen LogP contribution in [0.25, 0.3) is 0 Å². The molecule has 0 spiro atoms. The van der Waals surface area contributed by atoms with Gasteiger partial charge in [0.2, 0.25) is 10.0 Å². The van der Waals surface area contributed by atoms with Crippen LogP contribution in [0.4, 0.5) is 4.39 Å². The lowest BCUT2D eigenvalue weighted by Crippen LogP contribution is -2.31. The Kier molecular flexibility index (Phi) is 4.81. The summed E-state index contributed by atoms with van der Waals surface area (Å²) in [5.74, 6) is 0.659. The molecule has 6 heteroatoms. The van der Waals surface area contributed by atoms with Crippen LogP contribution in [0.5, 0.6) is 0 Å². The van der Waals surface area contributed by atoms with Crippen LogP contribution in [0.3, 0.4) is 0 Å². The highest BCUT2D eigenvalue weighted by molar-refractivity contribution is 7.89. The summed E-state index contributed by atoms with van der Waals surface area (Å²) in [6, 6.07) is 5.02. The van der Waals surface area contributed by atoms with Gasteiger partial charge in [-0.1, -0.05) is 12.5 Å². The third-order valence-electron chi connectivity index (χ3n) is 3.66. The molecule has 0 amide bonds. The zero-order valence-electron chi connectivity index (χ0n) is 10.5. The van der Waals surface area contributed by atoms with E-state index in [1.807, 2.05) is 0 Å². The predicted octanol–water partition coefficient (Wildman–Crippen LogP) is 2.76. The van der Waals surface area contributed by atoms with Crippen LogP contribution in [0.15, 0.2) is 29.2 Å². The summed E-state index contributed by atoms with van der Waals surface area (Å²) in [5, 5.41) is 0. The Labute approximate surface area is 118 Å². The number of halogens is 2. The summed E-state index contributed by atoms with van der Waals surface area (Å²) in [6.07, 6.45) is 3.13. The van der Waals surface area contributed by atoms with Crippen LogP contribution in [0.2, 0.25) is 0 Å². The van der Waals surface area contributed by atoms with Crippen molar-refractivity contribution in [1.82, 2.24) is 4.72 Å². The molecule has 2 atom stereocenters. The second-order valence-electron chi connectivity index (χ2n) is 4.91. The number of alkyl halides is 1. The maximum absolute atomic E-state index is 13.0. The van der Waals surface area contributed by atoms with E-state index in [1.165, 1.54) is 18.2 Å². The fourth-order valence-corrected chi connectivity index (χ4v) is 4.05. The van der Waals surface area contributed by atoms with Crippen molar-refractivity contribution < 1.29 is 12.8 Å². The van der Waals surface area contributed by atoms with Gasteiger partial charge < -0.3 is 0 Å². The molecule has 1 aromatic rings. The number of hydrogen-bond donors (Lipinski definition) is 1. The number of rotatable bonds is 5. The van der Waals surface area contributed by atoms with E-state index in [1.54, 1.807) is 0 Å². The second-order valence-corrected chi connectivity index (χ2v) is 6.99. The van der Waals surface area contributed by atoms with Gasteiger partial charge >= 0.3 is 0 Å². The van der Waals surface area contributed by atoms with E-state index < -0.39 is 15.8 Å². The molecule has 1 aromatic carbocycles. The molecular weight excluding hydrogens is 289 g/mol. The summed E-state index contributed by atoms with van der Waals surface area (Å²) >= 11 is 5.86. The van der Waals surface area contributed by atoms with Gasteiger partial charge in [0, 0.05) is 12.4 Å². The van der Waals surface area contributed by atoms with Crippen molar-refractivity contribution in [3.05, 3.63) is 30.1 Å². The van der Waals surface area contributed by atoms with Crippen LogP contribution in [-0.4, -0.2) is 20.8 Å². The monoisotopic (exact) mass is 305 g/mol. The van der Waals surface area contributed by atoms with Crippen molar-refractivity contribution in [1.29, 1.82) is 0 Å². The minimum Gasteiger partial charge on any atom is -0.211 e. The average molecular weight is 306 g/mol. The lowest BCUT2D eigenvalue weighted by Gasteiger charge is -2.17. The lowest BCUT2D eigenvalue weighted by atomic mass is 9.98. The van der Waals surface area contributed by atoms with Crippen LogP contribution in [0, 0.1) is 17.7 Å². The van der Waals surface area contributed by atoms with Crippen molar-refractivity contribution >= 4 is 21.6 Å². The SMILES string of the molecule is O=S(=O)(NCC1CCCC1CCl)c1cccc(F)c1. The van der Waals surface area contributed by atoms with E-state index in [9.17, 15) is 12.8 Å². The van der Waals surface area contributed by atoms with E-state index in [0.717, 1.165) is 25.3 Å². The highest BCUT2D eigenvalue weighted by atomic mass is 35.5. The molecule has 0 aliphatic heterocycles. The van der Waals surface area contributed by atoms with Crippen LogP contribution < -0.4 is 4.72 Å². The molecule has 2 unspecified atom stereocenters. The van der Waals surface area contributed by atoms with Gasteiger partial charge in [0.25, 0.3) is 0 Å². The molecule has 1 aliphatic carbocycles. The Hall–Kier alpha value is -0.650. The molecule has 19 heavy (non-hydrogen) atoms. The largest absolute Gasteiger partial charge is 0.240 e. The number of sulfonamides is 1. The van der Waals surface area contributed by atoms with Gasteiger partial charge in [0.1, 0.15) is 5.82 Å². The second kappa shape index (κ2) is 6.20. The first-order valence-electron chi connectivity index (χ1n) is 6.34. The zero-order valence-corrected chi connectivity index (χ0v) is 12.1. The molecule has 1 aliphatic rings. The number of nitrogens with one attached hydrogen (secondary N) is 1. The van der Waals surface area contributed by atoms with Crippen molar-refractivity contribution in [2.45, 2.75) is 24.2 Å². The highest BCUT2D eigenvalue weighted by Crippen LogP contribution is 2.32. The van der Waals surface area contributed by atoms with Crippen molar-refractivity contribution in [2.75, 3.05) is 12.4 Å². The summed E-state index contributed by atoms with van der Waals surface area (Å²) in [5.41, 5.74) is 0. The van der Waals surface area contributed by atoms with Gasteiger partial charge in [-0.15, -0.1) is 11.6 Å². The Morgan fingerprint density at radius 1 is 1.32 bits per heavy atom. The van der Waals surface area contributed by atoms with Crippen molar-refractivity contribution in [3.63, 3.8) is 0 Å². The maximum Gasteiger partial charge on any atom is 0.240 e. The number of hydrogen-bond acceptors (Lipinski definition) is 2. The molecule has 106 valence electrons. The molecule has 0 bridgehead atoms. The Bertz CT molecular complexity index is 535. The Morgan fingerprint density at radius 3 is 2.74 bits per heavy atom.